The number of rotatable bonds is 8. The largest absolute Gasteiger partial charge is 0.493 e. The van der Waals surface area contributed by atoms with Gasteiger partial charge in [-0.1, -0.05) is 30.3 Å². The van der Waals surface area contributed by atoms with Gasteiger partial charge in [-0.25, -0.2) is 4.79 Å². The molecule has 8 nitrogen and oxygen atoms in total. The van der Waals surface area contributed by atoms with E-state index in [0.717, 1.165) is 11.3 Å². The molecule has 1 amide bonds. The van der Waals surface area contributed by atoms with Crippen LogP contribution in [0, 0.1) is 6.92 Å². The summed E-state index contributed by atoms with van der Waals surface area (Å²) in [5.41, 5.74) is 2.91. The number of aromatic nitrogens is 1. The van der Waals surface area contributed by atoms with E-state index in [1.807, 2.05) is 30.3 Å². The first-order chi connectivity index (χ1) is 15.5. The van der Waals surface area contributed by atoms with Crippen LogP contribution in [0.3, 0.4) is 0 Å². The van der Waals surface area contributed by atoms with Gasteiger partial charge in [0, 0.05) is 23.4 Å². The molecule has 2 aromatic carbocycles. The third-order valence-corrected chi connectivity index (χ3v) is 4.66. The van der Waals surface area contributed by atoms with Gasteiger partial charge in [0.2, 0.25) is 5.75 Å². The lowest BCUT2D eigenvalue weighted by atomic mass is 10.1. The maximum absolute atomic E-state index is 12.5. The SMILES string of the molecule is COc1cc(NC(=O)COC(=O)c2ccc(-c3ccccc3)nc2C)cc(OC)c1OC. The Hall–Kier alpha value is -4.07. The lowest BCUT2D eigenvalue weighted by molar-refractivity contribution is -0.119. The number of carbonyl (C=O) groups excluding carboxylic acids is 2. The highest BCUT2D eigenvalue weighted by molar-refractivity contribution is 5.96. The first kappa shape index (κ1) is 22.6. The zero-order valence-corrected chi connectivity index (χ0v) is 18.3. The number of ether oxygens (including phenoxy) is 4. The molecule has 0 radical (unpaired) electrons. The third-order valence-electron chi connectivity index (χ3n) is 4.66. The summed E-state index contributed by atoms with van der Waals surface area (Å²) in [7, 11) is 4.44. The number of pyridine rings is 1. The Morgan fingerprint density at radius 1 is 0.906 bits per heavy atom. The van der Waals surface area contributed by atoms with Gasteiger partial charge in [-0.05, 0) is 19.1 Å². The van der Waals surface area contributed by atoms with Crippen LogP contribution in [-0.4, -0.2) is 44.8 Å². The van der Waals surface area contributed by atoms with Crippen LogP contribution in [0.1, 0.15) is 16.1 Å². The van der Waals surface area contributed by atoms with E-state index in [0.29, 0.717) is 34.2 Å². The van der Waals surface area contributed by atoms with Gasteiger partial charge in [-0.15, -0.1) is 0 Å². The predicted octanol–water partition coefficient (Wildman–Crippen LogP) is 3.88. The van der Waals surface area contributed by atoms with E-state index in [2.05, 4.69) is 10.3 Å². The van der Waals surface area contributed by atoms with Crippen LogP contribution in [0.5, 0.6) is 17.2 Å². The normalized spacial score (nSPS) is 10.2. The summed E-state index contributed by atoms with van der Waals surface area (Å²) in [5.74, 6) is 0.0360. The predicted molar refractivity (Wildman–Crippen MR) is 119 cm³/mol. The smallest absolute Gasteiger partial charge is 0.340 e. The van der Waals surface area contributed by atoms with Crippen LogP contribution in [-0.2, 0) is 9.53 Å². The lowest BCUT2D eigenvalue weighted by Gasteiger charge is -2.14. The molecular weight excluding hydrogens is 412 g/mol. The van der Waals surface area contributed by atoms with E-state index in [4.69, 9.17) is 18.9 Å². The number of nitrogens with zero attached hydrogens (tertiary/aromatic N) is 1. The van der Waals surface area contributed by atoms with E-state index in [-0.39, 0.29) is 0 Å². The molecule has 8 heteroatoms. The second-order valence-electron chi connectivity index (χ2n) is 6.73. The van der Waals surface area contributed by atoms with Crippen LogP contribution < -0.4 is 19.5 Å². The fourth-order valence-corrected chi connectivity index (χ4v) is 3.11. The molecule has 1 N–H and O–H groups in total. The average Bonchev–Trinajstić information content (AvgIpc) is 2.82. The van der Waals surface area contributed by atoms with Crippen LogP contribution in [0.4, 0.5) is 5.69 Å². The molecule has 3 aromatic rings. The molecule has 0 aliphatic carbocycles. The number of benzene rings is 2. The molecule has 0 atom stereocenters. The van der Waals surface area contributed by atoms with E-state index < -0.39 is 18.5 Å². The van der Waals surface area contributed by atoms with Crippen molar-refractivity contribution in [1.82, 2.24) is 4.98 Å². The Bertz CT molecular complexity index is 1090. The summed E-state index contributed by atoms with van der Waals surface area (Å²) in [5, 5.41) is 2.65. The lowest BCUT2D eigenvalue weighted by Crippen LogP contribution is -2.21. The summed E-state index contributed by atoms with van der Waals surface area (Å²) >= 11 is 0. The number of hydrogen-bond donors (Lipinski definition) is 1. The van der Waals surface area contributed by atoms with E-state index >= 15 is 0 Å². The number of amides is 1. The molecule has 32 heavy (non-hydrogen) atoms. The number of carbonyl (C=O) groups is 2. The molecule has 0 aliphatic rings. The highest BCUT2D eigenvalue weighted by Crippen LogP contribution is 2.39. The number of methoxy groups -OCH3 is 3. The van der Waals surface area contributed by atoms with Gasteiger partial charge in [0.1, 0.15) is 0 Å². The van der Waals surface area contributed by atoms with Crippen molar-refractivity contribution in [1.29, 1.82) is 0 Å². The number of esters is 1. The zero-order valence-electron chi connectivity index (χ0n) is 18.3. The van der Waals surface area contributed by atoms with Crippen LogP contribution in [0.25, 0.3) is 11.3 Å². The van der Waals surface area contributed by atoms with Gasteiger partial charge in [-0.2, -0.15) is 0 Å². The summed E-state index contributed by atoms with van der Waals surface area (Å²) < 4.78 is 21.0. The van der Waals surface area contributed by atoms with Gasteiger partial charge < -0.3 is 24.3 Å². The zero-order chi connectivity index (χ0) is 23.1. The molecule has 0 unspecified atom stereocenters. The second-order valence-corrected chi connectivity index (χ2v) is 6.73. The van der Waals surface area contributed by atoms with E-state index in [1.54, 1.807) is 31.2 Å². The summed E-state index contributed by atoms with van der Waals surface area (Å²) in [6, 6.07) is 16.2. The van der Waals surface area contributed by atoms with E-state index in [9.17, 15) is 9.59 Å². The van der Waals surface area contributed by atoms with Crippen molar-refractivity contribution < 1.29 is 28.5 Å². The third kappa shape index (κ3) is 5.15. The molecule has 0 saturated carbocycles. The minimum absolute atomic E-state index is 0.297. The quantitative estimate of drug-likeness (QED) is 0.536. The topological polar surface area (TPSA) is 96.0 Å². The molecule has 0 saturated heterocycles. The molecule has 0 bridgehead atoms. The highest BCUT2D eigenvalue weighted by Gasteiger charge is 2.17. The van der Waals surface area contributed by atoms with E-state index in [1.165, 1.54) is 21.3 Å². The van der Waals surface area contributed by atoms with Crippen LogP contribution in [0.15, 0.2) is 54.6 Å². The number of nitrogens with one attached hydrogen (secondary N) is 1. The summed E-state index contributed by atoms with van der Waals surface area (Å²) in [6.07, 6.45) is 0. The Balaban J connectivity index is 1.65. The van der Waals surface area contributed by atoms with Crippen molar-refractivity contribution in [3.05, 3.63) is 65.9 Å². The first-order valence-electron chi connectivity index (χ1n) is 9.76. The Morgan fingerprint density at radius 3 is 2.12 bits per heavy atom. The Morgan fingerprint density at radius 2 is 1.56 bits per heavy atom. The van der Waals surface area contributed by atoms with Gasteiger partial charge >= 0.3 is 5.97 Å². The molecule has 1 heterocycles. The monoisotopic (exact) mass is 436 g/mol. The summed E-state index contributed by atoms with van der Waals surface area (Å²) in [6.45, 7) is 1.26. The maximum Gasteiger partial charge on any atom is 0.340 e. The first-order valence-corrected chi connectivity index (χ1v) is 9.76. The van der Waals surface area contributed by atoms with Crippen molar-refractivity contribution >= 4 is 17.6 Å². The number of hydrogen-bond acceptors (Lipinski definition) is 7. The van der Waals surface area contributed by atoms with Crippen molar-refractivity contribution in [2.75, 3.05) is 33.3 Å². The van der Waals surface area contributed by atoms with Gasteiger partial charge in [-0.3, -0.25) is 9.78 Å². The fourth-order valence-electron chi connectivity index (χ4n) is 3.11. The highest BCUT2D eigenvalue weighted by atomic mass is 16.5. The van der Waals surface area contributed by atoms with Gasteiger partial charge in [0.05, 0.1) is 38.3 Å². The second kappa shape index (κ2) is 10.3. The van der Waals surface area contributed by atoms with Gasteiger partial charge in [0.25, 0.3) is 5.91 Å². The van der Waals surface area contributed by atoms with Gasteiger partial charge in [0.15, 0.2) is 18.1 Å². The van der Waals surface area contributed by atoms with Crippen LogP contribution in [0.2, 0.25) is 0 Å². The number of aryl methyl sites for hydroxylation is 1. The molecule has 0 spiro atoms. The molecule has 3 rings (SSSR count). The average molecular weight is 436 g/mol. The standard InChI is InChI=1S/C24H24N2O6/c1-15-18(10-11-19(25-15)16-8-6-5-7-9-16)24(28)32-14-22(27)26-17-12-20(29-2)23(31-4)21(13-17)30-3/h5-13H,14H2,1-4H3,(H,26,27). The molecule has 0 fully saturated rings. The molecule has 0 aliphatic heterocycles. The Labute approximate surface area is 186 Å². The van der Waals surface area contributed by atoms with Crippen molar-refractivity contribution in [2.24, 2.45) is 0 Å². The molecule has 166 valence electrons. The minimum atomic E-state index is -0.630. The fraction of sp³-hybridized carbons (Fsp3) is 0.208. The van der Waals surface area contributed by atoms with Crippen molar-refractivity contribution in [3.63, 3.8) is 0 Å². The van der Waals surface area contributed by atoms with Crippen molar-refractivity contribution in [2.45, 2.75) is 6.92 Å². The maximum atomic E-state index is 12.5. The van der Waals surface area contributed by atoms with Crippen LogP contribution >= 0.6 is 0 Å². The number of anilines is 1. The molecular formula is C24H24N2O6. The minimum Gasteiger partial charge on any atom is -0.493 e. The summed E-state index contributed by atoms with van der Waals surface area (Å²) in [4.78, 5) is 29.2. The Kier molecular flexibility index (Phi) is 7.28. The van der Waals surface area contributed by atoms with Crippen molar-refractivity contribution in [3.8, 4) is 28.5 Å². The molecule has 1 aromatic heterocycles.